The normalized spacial score (nSPS) is 11.0. The van der Waals surface area contributed by atoms with Gasteiger partial charge in [-0.2, -0.15) is 0 Å². The van der Waals surface area contributed by atoms with Crippen LogP contribution in [0.4, 0.5) is 0 Å². The summed E-state index contributed by atoms with van der Waals surface area (Å²) in [5, 5.41) is 8.48. The molecule has 0 aromatic heterocycles. The van der Waals surface area contributed by atoms with Gasteiger partial charge in [-0.25, -0.2) is 0 Å². The molecule has 76 valence electrons. The van der Waals surface area contributed by atoms with Gasteiger partial charge in [-0.05, 0) is 34.2 Å². The average Bonchev–Trinajstić information content (AvgIpc) is 2.20. The van der Waals surface area contributed by atoms with Gasteiger partial charge in [0, 0.05) is 3.57 Å². The van der Waals surface area contributed by atoms with E-state index >= 15 is 0 Å². The van der Waals surface area contributed by atoms with Crippen molar-refractivity contribution in [3.05, 3.63) is 45.6 Å². The lowest BCUT2D eigenvalue weighted by atomic mass is 10.2. The quantitative estimate of drug-likeness (QED) is 0.514. The molecule has 0 saturated heterocycles. The van der Waals surface area contributed by atoms with Gasteiger partial charge in [0.15, 0.2) is 0 Å². The summed E-state index contributed by atoms with van der Waals surface area (Å²) in [6.45, 7) is 1.24. The number of rotatable bonds is 5. The van der Waals surface area contributed by atoms with Crippen LogP contribution in [0.15, 0.2) is 36.4 Å². The lowest BCUT2D eigenvalue weighted by molar-refractivity contribution is 0.147. The predicted octanol–water partition coefficient (Wildman–Crippen LogP) is 2.36. The number of aliphatic hydroxyl groups is 1. The first-order chi connectivity index (χ1) is 6.84. The van der Waals surface area contributed by atoms with E-state index in [4.69, 9.17) is 9.84 Å². The smallest absolute Gasteiger partial charge is 0.0731 e. The fourth-order valence-electron chi connectivity index (χ4n) is 0.995. The third-order valence-corrected chi connectivity index (χ3v) is 2.75. The molecule has 1 aromatic rings. The standard InChI is InChI=1S/C11H13IO2/c12-11-6-2-1-5-10(11)9-14-8-4-3-7-13/h1-6,13H,7-9H2/b4-3-. The van der Waals surface area contributed by atoms with E-state index in [2.05, 4.69) is 34.7 Å². The summed E-state index contributed by atoms with van der Waals surface area (Å²) in [6.07, 6.45) is 3.49. The van der Waals surface area contributed by atoms with E-state index in [-0.39, 0.29) is 6.61 Å². The molecule has 0 amide bonds. The maximum Gasteiger partial charge on any atom is 0.0731 e. The Bertz CT molecular complexity index is 297. The topological polar surface area (TPSA) is 29.5 Å². The van der Waals surface area contributed by atoms with Crippen molar-refractivity contribution in [2.75, 3.05) is 13.2 Å². The summed E-state index contributed by atoms with van der Waals surface area (Å²) in [5.74, 6) is 0. The fourth-order valence-corrected chi connectivity index (χ4v) is 1.54. The number of benzene rings is 1. The molecule has 1 aromatic carbocycles. The van der Waals surface area contributed by atoms with E-state index in [1.807, 2.05) is 18.2 Å². The second kappa shape index (κ2) is 6.98. The maximum absolute atomic E-state index is 8.48. The van der Waals surface area contributed by atoms with Crippen LogP contribution >= 0.6 is 22.6 Å². The molecule has 2 nitrogen and oxygen atoms in total. The van der Waals surface area contributed by atoms with E-state index in [1.165, 1.54) is 9.13 Å². The second-order valence-corrected chi connectivity index (χ2v) is 3.92. The molecule has 3 heteroatoms. The zero-order chi connectivity index (χ0) is 10.2. The third kappa shape index (κ3) is 4.21. The highest BCUT2D eigenvalue weighted by Gasteiger charge is 1.96. The Labute approximate surface area is 97.7 Å². The van der Waals surface area contributed by atoms with Crippen LogP contribution in [-0.4, -0.2) is 18.3 Å². The molecule has 1 N–H and O–H groups in total. The summed E-state index contributed by atoms with van der Waals surface area (Å²) >= 11 is 2.29. The van der Waals surface area contributed by atoms with Crippen LogP contribution < -0.4 is 0 Å². The minimum absolute atomic E-state index is 0.0756. The zero-order valence-electron chi connectivity index (χ0n) is 7.82. The monoisotopic (exact) mass is 304 g/mol. The highest BCUT2D eigenvalue weighted by molar-refractivity contribution is 14.1. The summed E-state index contributed by atoms with van der Waals surface area (Å²) in [7, 11) is 0. The van der Waals surface area contributed by atoms with E-state index in [9.17, 15) is 0 Å². The van der Waals surface area contributed by atoms with Crippen LogP contribution in [0, 0.1) is 3.57 Å². The van der Waals surface area contributed by atoms with E-state index in [0.29, 0.717) is 13.2 Å². The van der Waals surface area contributed by atoms with Crippen molar-refractivity contribution in [1.29, 1.82) is 0 Å². The van der Waals surface area contributed by atoms with Crippen LogP contribution in [0.5, 0.6) is 0 Å². The molecule has 1 rings (SSSR count). The van der Waals surface area contributed by atoms with Crippen molar-refractivity contribution < 1.29 is 9.84 Å². The summed E-state index contributed by atoms with van der Waals surface area (Å²) in [4.78, 5) is 0. The summed E-state index contributed by atoms with van der Waals surface area (Å²) < 4.78 is 6.62. The molecule has 0 atom stereocenters. The molecule has 0 aliphatic heterocycles. The Kier molecular flexibility index (Phi) is 5.82. The summed E-state index contributed by atoms with van der Waals surface area (Å²) in [6, 6.07) is 8.13. The SMILES string of the molecule is OC/C=C\COCc1ccccc1I. The van der Waals surface area contributed by atoms with Gasteiger partial charge in [0.1, 0.15) is 0 Å². The molecule has 0 saturated carbocycles. The largest absolute Gasteiger partial charge is 0.392 e. The predicted molar refractivity (Wildman–Crippen MR) is 65.0 cm³/mol. The van der Waals surface area contributed by atoms with E-state index in [0.717, 1.165) is 0 Å². The first kappa shape index (κ1) is 11.7. The molecule has 0 radical (unpaired) electrons. The van der Waals surface area contributed by atoms with Gasteiger partial charge < -0.3 is 9.84 Å². The van der Waals surface area contributed by atoms with Gasteiger partial charge in [0.2, 0.25) is 0 Å². The highest BCUT2D eigenvalue weighted by Crippen LogP contribution is 2.12. The van der Waals surface area contributed by atoms with Gasteiger partial charge in [0.25, 0.3) is 0 Å². The molecule has 0 aliphatic rings. The van der Waals surface area contributed by atoms with E-state index in [1.54, 1.807) is 6.08 Å². The molecule has 0 aliphatic carbocycles. The molecule has 0 fully saturated rings. The molecular weight excluding hydrogens is 291 g/mol. The van der Waals surface area contributed by atoms with Crippen LogP contribution in [0.3, 0.4) is 0 Å². The minimum atomic E-state index is 0.0756. The van der Waals surface area contributed by atoms with Gasteiger partial charge >= 0.3 is 0 Å². The van der Waals surface area contributed by atoms with Crippen molar-refractivity contribution in [3.8, 4) is 0 Å². The first-order valence-corrected chi connectivity index (χ1v) is 5.49. The number of hydrogen-bond donors (Lipinski definition) is 1. The van der Waals surface area contributed by atoms with Crippen molar-refractivity contribution in [2.45, 2.75) is 6.61 Å². The summed E-state index contributed by atoms with van der Waals surface area (Å²) in [5.41, 5.74) is 1.20. The first-order valence-electron chi connectivity index (χ1n) is 4.41. The molecule has 14 heavy (non-hydrogen) atoms. The van der Waals surface area contributed by atoms with Gasteiger partial charge in [0.05, 0.1) is 19.8 Å². The zero-order valence-corrected chi connectivity index (χ0v) is 9.98. The molecule has 0 unspecified atom stereocenters. The molecule has 0 spiro atoms. The Morgan fingerprint density at radius 3 is 2.79 bits per heavy atom. The van der Waals surface area contributed by atoms with Crippen LogP contribution in [0.1, 0.15) is 5.56 Å². The minimum Gasteiger partial charge on any atom is -0.392 e. The Morgan fingerprint density at radius 2 is 2.07 bits per heavy atom. The molecule has 0 bridgehead atoms. The number of hydrogen-bond acceptors (Lipinski definition) is 2. The second-order valence-electron chi connectivity index (χ2n) is 2.76. The van der Waals surface area contributed by atoms with Crippen LogP contribution in [-0.2, 0) is 11.3 Å². The average molecular weight is 304 g/mol. The van der Waals surface area contributed by atoms with Crippen LogP contribution in [0.2, 0.25) is 0 Å². The third-order valence-electron chi connectivity index (χ3n) is 1.70. The Morgan fingerprint density at radius 1 is 1.29 bits per heavy atom. The molecule has 0 heterocycles. The van der Waals surface area contributed by atoms with Gasteiger partial charge in [-0.3, -0.25) is 0 Å². The Balaban J connectivity index is 2.31. The van der Waals surface area contributed by atoms with Gasteiger partial charge in [-0.15, -0.1) is 0 Å². The lowest BCUT2D eigenvalue weighted by Gasteiger charge is -2.03. The van der Waals surface area contributed by atoms with Crippen molar-refractivity contribution >= 4 is 22.6 Å². The Hall–Kier alpha value is -0.390. The highest BCUT2D eigenvalue weighted by atomic mass is 127. The maximum atomic E-state index is 8.48. The van der Waals surface area contributed by atoms with Crippen LogP contribution in [0.25, 0.3) is 0 Å². The number of aliphatic hydroxyl groups excluding tert-OH is 1. The van der Waals surface area contributed by atoms with Crippen molar-refractivity contribution in [3.63, 3.8) is 0 Å². The van der Waals surface area contributed by atoms with Crippen molar-refractivity contribution in [1.82, 2.24) is 0 Å². The molecular formula is C11H13IO2. The lowest BCUT2D eigenvalue weighted by Crippen LogP contribution is -1.95. The van der Waals surface area contributed by atoms with Gasteiger partial charge in [-0.1, -0.05) is 30.4 Å². The number of ether oxygens (including phenoxy) is 1. The fraction of sp³-hybridized carbons (Fsp3) is 0.273. The number of halogens is 1. The van der Waals surface area contributed by atoms with E-state index < -0.39 is 0 Å². The van der Waals surface area contributed by atoms with Crippen molar-refractivity contribution in [2.24, 2.45) is 0 Å².